The minimum atomic E-state index is -0.532. The fourth-order valence-corrected chi connectivity index (χ4v) is 2.87. The number of benzene rings is 2. The van der Waals surface area contributed by atoms with Crippen LogP contribution in [0.4, 0.5) is 0 Å². The topological polar surface area (TPSA) is 66.4 Å². The molecular weight excluding hydrogens is 326 g/mol. The number of carbonyl (C=O) groups is 2. The van der Waals surface area contributed by atoms with Crippen LogP contribution in [-0.2, 0) is 11.2 Å². The summed E-state index contributed by atoms with van der Waals surface area (Å²) in [5.74, 6) is -0.872. The summed E-state index contributed by atoms with van der Waals surface area (Å²) in [6, 6.07) is 15.9. The van der Waals surface area contributed by atoms with Crippen LogP contribution in [0.2, 0.25) is 0 Å². The van der Waals surface area contributed by atoms with E-state index in [-0.39, 0.29) is 18.0 Å². The number of aryl methyl sites for hydroxylation is 1. The highest BCUT2D eigenvalue weighted by atomic mass is 16.3. The van der Waals surface area contributed by atoms with Crippen molar-refractivity contribution in [1.82, 2.24) is 5.32 Å². The maximum absolute atomic E-state index is 12.5. The van der Waals surface area contributed by atoms with Crippen molar-refractivity contribution < 1.29 is 14.7 Å². The predicted molar refractivity (Wildman–Crippen MR) is 104 cm³/mol. The number of ketones is 2. The van der Waals surface area contributed by atoms with Crippen LogP contribution in [0.5, 0.6) is 0 Å². The molecule has 0 amide bonds. The molecule has 0 saturated carbocycles. The van der Waals surface area contributed by atoms with Crippen LogP contribution in [0, 0.1) is 5.92 Å². The molecule has 2 aromatic carbocycles. The second-order valence-electron chi connectivity index (χ2n) is 6.38. The highest BCUT2D eigenvalue weighted by Gasteiger charge is 2.21. The Kier molecular flexibility index (Phi) is 7.70. The first-order valence-electron chi connectivity index (χ1n) is 9.15. The Morgan fingerprint density at radius 1 is 0.962 bits per heavy atom. The number of nitrogens with one attached hydrogen (secondary N) is 1. The molecule has 0 bridgehead atoms. The molecule has 0 unspecified atom stereocenters. The van der Waals surface area contributed by atoms with Gasteiger partial charge in [-0.3, -0.25) is 9.59 Å². The molecule has 4 heteroatoms. The Morgan fingerprint density at radius 2 is 1.54 bits per heavy atom. The van der Waals surface area contributed by atoms with Gasteiger partial charge in [-0.1, -0.05) is 62.4 Å². The molecule has 26 heavy (non-hydrogen) atoms. The number of hydrogen-bond acceptors (Lipinski definition) is 4. The molecule has 0 aliphatic carbocycles. The molecule has 2 rings (SSSR count). The van der Waals surface area contributed by atoms with Crippen molar-refractivity contribution in [2.45, 2.75) is 26.7 Å². The molecule has 0 radical (unpaired) electrons. The average Bonchev–Trinajstić information content (AvgIpc) is 2.70. The summed E-state index contributed by atoms with van der Waals surface area (Å²) in [4.78, 5) is 24.3. The van der Waals surface area contributed by atoms with Gasteiger partial charge in [-0.15, -0.1) is 0 Å². The summed E-state index contributed by atoms with van der Waals surface area (Å²) in [6.07, 6.45) is 1.12. The average molecular weight is 353 g/mol. The predicted octanol–water partition coefficient (Wildman–Crippen LogP) is 3.28. The lowest BCUT2D eigenvalue weighted by Gasteiger charge is -2.14. The fraction of sp³-hybridized carbons (Fsp3) is 0.364. The van der Waals surface area contributed by atoms with E-state index in [1.54, 1.807) is 12.1 Å². The smallest absolute Gasteiger partial charge is 0.163 e. The van der Waals surface area contributed by atoms with Gasteiger partial charge in [-0.2, -0.15) is 0 Å². The summed E-state index contributed by atoms with van der Waals surface area (Å²) >= 11 is 0. The van der Waals surface area contributed by atoms with Gasteiger partial charge < -0.3 is 10.4 Å². The summed E-state index contributed by atoms with van der Waals surface area (Å²) in [5, 5.41) is 12.2. The van der Waals surface area contributed by atoms with E-state index in [1.165, 1.54) is 5.56 Å². The SMILES string of the molecule is CCNC[C@H](CC(=O)c1ccc(-c2ccc(CC)cc2)cc1)C(=O)CO. The molecule has 0 saturated heterocycles. The molecule has 2 aromatic rings. The minimum Gasteiger partial charge on any atom is -0.389 e. The molecule has 4 nitrogen and oxygen atoms in total. The summed E-state index contributed by atoms with van der Waals surface area (Å²) in [5.41, 5.74) is 4.05. The van der Waals surface area contributed by atoms with Crippen LogP contribution in [0.25, 0.3) is 11.1 Å². The van der Waals surface area contributed by atoms with Crippen LogP contribution in [0.15, 0.2) is 48.5 Å². The Balaban J connectivity index is 2.08. The maximum atomic E-state index is 12.5. The Bertz CT molecular complexity index is 720. The molecule has 0 aliphatic heterocycles. The van der Waals surface area contributed by atoms with Crippen molar-refractivity contribution in [3.63, 3.8) is 0 Å². The summed E-state index contributed by atoms with van der Waals surface area (Å²) in [7, 11) is 0. The third-order valence-corrected chi connectivity index (χ3v) is 4.59. The Hall–Kier alpha value is -2.30. The molecule has 0 spiro atoms. The molecule has 0 heterocycles. The number of aliphatic hydroxyl groups is 1. The molecule has 138 valence electrons. The van der Waals surface area contributed by atoms with E-state index >= 15 is 0 Å². The number of Topliss-reactive ketones (excluding diaryl/α,β-unsaturated/α-hetero) is 2. The zero-order chi connectivity index (χ0) is 18.9. The normalized spacial score (nSPS) is 12.0. The van der Waals surface area contributed by atoms with Crippen LogP contribution in [-0.4, -0.2) is 36.4 Å². The first kappa shape index (κ1) is 20.0. The van der Waals surface area contributed by atoms with Crippen molar-refractivity contribution in [1.29, 1.82) is 0 Å². The van der Waals surface area contributed by atoms with Crippen LogP contribution in [0.1, 0.15) is 36.2 Å². The molecule has 0 aromatic heterocycles. The zero-order valence-corrected chi connectivity index (χ0v) is 15.5. The van der Waals surface area contributed by atoms with Crippen LogP contribution in [0.3, 0.4) is 0 Å². The summed E-state index contributed by atoms with van der Waals surface area (Å²) < 4.78 is 0. The first-order chi connectivity index (χ1) is 12.6. The lowest BCUT2D eigenvalue weighted by molar-refractivity contribution is -0.125. The van der Waals surface area contributed by atoms with E-state index in [4.69, 9.17) is 5.11 Å². The van der Waals surface area contributed by atoms with Crippen molar-refractivity contribution >= 4 is 11.6 Å². The monoisotopic (exact) mass is 353 g/mol. The van der Waals surface area contributed by atoms with Gasteiger partial charge in [0.25, 0.3) is 0 Å². The molecule has 0 aliphatic rings. The van der Waals surface area contributed by atoms with Crippen molar-refractivity contribution in [3.8, 4) is 11.1 Å². The molecular formula is C22H27NO3. The van der Waals surface area contributed by atoms with E-state index < -0.39 is 12.5 Å². The number of hydrogen-bond donors (Lipinski definition) is 2. The van der Waals surface area contributed by atoms with E-state index in [9.17, 15) is 9.59 Å². The Morgan fingerprint density at radius 3 is 2.04 bits per heavy atom. The van der Waals surface area contributed by atoms with Gasteiger partial charge >= 0.3 is 0 Å². The zero-order valence-electron chi connectivity index (χ0n) is 15.5. The largest absolute Gasteiger partial charge is 0.389 e. The van der Waals surface area contributed by atoms with Crippen LogP contribution >= 0.6 is 0 Å². The fourth-order valence-electron chi connectivity index (χ4n) is 2.87. The third kappa shape index (κ3) is 5.35. The molecule has 0 fully saturated rings. The van der Waals surface area contributed by atoms with Crippen molar-refractivity contribution in [3.05, 3.63) is 59.7 Å². The third-order valence-electron chi connectivity index (χ3n) is 4.59. The highest BCUT2D eigenvalue weighted by molar-refractivity contribution is 5.99. The number of aliphatic hydroxyl groups excluding tert-OH is 1. The quantitative estimate of drug-likeness (QED) is 0.643. The lowest BCUT2D eigenvalue weighted by atomic mass is 9.93. The minimum absolute atomic E-state index is 0.0809. The van der Waals surface area contributed by atoms with Crippen LogP contribution < -0.4 is 5.32 Å². The Labute approximate surface area is 155 Å². The molecule has 2 N–H and O–H groups in total. The second kappa shape index (κ2) is 10.00. The lowest BCUT2D eigenvalue weighted by Crippen LogP contribution is -2.32. The van der Waals surface area contributed by atoms with Gasteiger partial charge in [0.15, 0.2) is 11.6 Å². The standard InChI is InChI=1S/C22H27NO3/c1-3-16-5-7-17(8-6-16)18-9-11-19(12-10-18)21(25)13-20(14-23-4-2)22(26)15-24/h5-12,20,23-24H,3-4,13-15H2,1-2H3/t20-/m0/s1. The van der Waals surface area contributed by atoms with E-state index in [1.807, 2.05) is 19.1 Å². The van der Waals surface area contributed by atoms with Gasteiger partial charge in [-0.25, -0.2) is 0 Å². The second-order valence-corrected chi connectivity index (χ2v) is 6.38. The number of rotatable bonds is 10. The van der Waals surface area contributed by atoms with Gasteiger partial charge in [0.05, 0.1) is 0 Å². The van der Waals surface area contributed by atoms with E-state index in [0.29, 0.717) is 12.1 Å². The van der Waals surface area contributed by atoms with Gasteiger partial charge in [0.1, 0.15) is 6.61 Å². The number of carbonyl (C=O) groups excluding carboxylic acids is 2. The van der Waals surface area contributed by atoms with Crippen molar-refractivity contribution in [2.75, 3.05) is 19.7 Å². The molecule has 1 atom stereocenters. The van der Waals surface area contributed by atoms with E-state index in [0.717, 1.165) is 24.1 Å². The van der Waals surface area contributed by atoms with Gasteiger partial charge in [0, 0.05) is 24.4 Å². The van der Waals surface area contributed by atoms with Crippen molar-refractivity contribution in [2.24, 2.45) is 5.92 Å². The first-order valence-corrected chi connectivity index (χ1v) is 9.15. The van der Waals surface area contributed by atoms with E-state index in [2.05, 4.69) is 36.5 Å². The van der Waals surface area contributed by atoms with Gasteiger partial charge in [-0.05, 0) is 29.7 Å². The van der Waals surface area contributed by atoms with Gasteiger partial charge in [0.2, 0.25) is 0 Å². The highest BCUT2D eigenvalue weighted by Crippen LogP contribution is 2.21. The summed E-state index contributed by atoms with van der Waals surface area (Å²) in [6.45, 7) is 4.66. The maximum Gasteiger partial charge on any atom is 0.163 e.